The van der Waals surface area contributed by atoms with E-state index in [1.54, 1.807) is 36.4 Å². The molecule has 1 amide bonds. The molecule has 27 heavy (non-hydrogen) atoms. The Hall–Kier alpha value is -3.52. The summed E-state index contributed by atoms with van der Waals surface area (Å²) in [7, 11) is 0. The average molecular weight is 368 g/mol. The lowest BCUT2D eigenvalue weighted by Crippen LogP contribution is -2.32. The Bertz CT molecular complexity index is 938. The van der Waals surface area contributed by atoms with Crippen LogP contribution in [0.15, 0.2) is 60.2 Å². The third kappa shape index (κ3) is 3.18. The van der Waals surface area contributed by atoms with Crippen molar-refractivity contribution in [2.75, 3.05) is 13.2 Å². The second-order valence-electron chi connectivity index (χ2n) is 5.90. The summed E-state index contributed by atoms with van der Waals surface area (Å²) >= 11 is 0. The molecule has 3 rings (SSSR count). The number of aliphatic hydroxyl groups is 2. The molecule has 0 aliphatic carbocycles. The third-order valence-electron chi connectivity index (χ3n) is 4.36. The van der Waals surface area contributed by atoms with Crippen LogP contribution in [0.3, 0.4) is 0 Å². The van der Waals surface area contributed by atoms with Gasteiger partial charge in [-0.25, -0.2) is 0 Å². The van der Waals surface area contributed by atoms with Gasteiger partial charge < -0.3 is 15.1 Å². The van der Waals surface area contributed by atoms with Gasteiger partial charge >= 0.3 is 0 Å². The van der Waals surface area contributed by atoms with Crippen molar-refractivity contribution in [1.82, 2.24) is 4.90 Å². The van der Waals surface area contributed by atoms with Crippen LogP contribution in [0.5, 0.6) is 0 Å². The molecule has 1 aliphatic rings. The highest BCUT2D eigenvalue weighted by Gasteiger charge is 2.47. The van der Waals surface area contributed by atoms with E-state index in [1.165, 1.54) is 18.2 Å². The standard InChI is InChI=1S/C19H16N2O6/c22-11-10-20-16(13-8-4-5-9-14(13)21(26)27)15(18(24)19(20)25)17(23)12-6-2-1-3-7-12/h1-9,16,22-23H,10-11H2/b17-15+/t16-/m0/s1. The number of nitro benzene ring substituents is 1. The first kappa shape index (κ1) is 18.3. The Morgan fingerprint density at radius 1 is 1.07 bits per heavy atom. The Labute approximate surface area is 154 Å². The molecule has 1 atom stereocenters. The van der Waals surface area contributed by atoms with Gasteiger partial charge in [-0.15, -0.1) is 0 Å². The van der Waals surface area contributed by atoms with E-state index in [2.05, 4.69) is 0 Å². The Balaban J connectivity index is 2.27. The predicted molar refractivity (Wildman–Crippen MR) is 95.6 cm³/mol. The van der Waals surface area contributed by atoms with Gasteiger partial charge in [-0.2, -0.15) is 0 Å². The molecule has 2 aromatic rings. The van der Waals surface area contributed by atoms with Gasteiger partial charge in [0, 0.05) is 18.2 Å². The van der Waals surface area contributed by atoms with Gasteiger partial charge in [0.2, 0.25) is 0 Å². The number of carbonyl (C=O) groups excluding carboxylic acids is 2. The van der Waals surface area contributed by atoms with Crippen molar-refractivity contribution in [3.8, 4) is 0 Å². The second-order valence-corrected chi connectivity index (χ2v) is 5.90. The van der Waals surface area contributed by atoms with Crippen LogP contribution in [0.25, 0.3) is 5.76 Å². The van der Waals surface area contributed by atoms with E-state index in [9.17, 15) is 29.9 Å². The molecule has 1 aliphatic heterocycles. The molecule has 0 unspecified atom stereocenters. The SMILES string of the molecule is O=C1C(=O)N(CCO)[C@@H](c2ccccc2[N+](=O)[O-])/C1=C(\O)c1ccccc1. The maximum atomic E-state index is 12.6. The highest BCUT2D eigenvalue weighted by Crippen LogP contribution is 2.42. The van der Waals surface area contributed by atoms with Gasteiger partial charge in [0.15, 0.2) is 0 Å². The van der Waals surface area contributed by atoms with Crippen molar-refractivity contribution in [3.63, 3.8) is 0 Å². The molecule has 1 fully saturated rings. The molecule has 8 heteroatoms. The molecule has 0 saturated carbocycles. The van der Waals surface area contributed by atoms with Crippen molar-refractivity contribution in [3.05, 3.63) is 81.4 Å². The molecule has 1 saturated heterocycles. The number of nitrogens with zero attached hydrogens (tertiary/aromatic N) is 2. The normalized spacial score (nSPS) is 18.7. The molecule has 1 heterocycles. The van der Waals surface area contributed by atoms with E-state index < -0.39 is 35.0 Å². The maximum Gasteiger partial charge on any atom is 0.295 e. The van der Waals surface area contributed by atoms with Crippen LogP contribution in [-0.2, 0) is 9.59 Å². The minimum absolute atomic E-state index is 0.0904. The maximum absolute atomic E-state index is 12.6. The lowest BCUT2D eigenvalue weighted by Gasteiger charge is -2.24. The Kier molecular flexibility index (Phi) is 5.00. The minimum atomic E-state index is -1.17. The van der Waals surface area contributed by atoms with E-state index in [-0.39, 0.29) is 23.4 Å². The lowest BCUT2D eigenvalue weighted by atomic mass is 9.94. The fourth-order valence-electron chi connectivity index (χ4n) is 3.18. The van der Waals surface area contributed by atoms with Gasteiger partial charge in [0.05, 0.1) is 28.7 Å². The molecule has 0 bridgehead atoms. The third-order valence-corrected chi connectivity index (χ3v) is 4.36. The quantitative estimate of drug-likeness (QED) is 0.274. The number of Topliss-reactive ketones (excluding diaryl/α,β-unsaturated/α-hetero) is 1. The predicted octanol–water partition coefficient (Wildman–Crippen LogP) is 2.01. The molecular weight excluding hydrogens is 352 g/mol. The molecule has 2 aromatic carbocycles. The van der Waals surface area contributed by atoms with Crippen LogP contribution in [0.2, 0.25) is 0 Å². The van der Waals surface area contributed by atoms with Crippen LogP contribution >= 0.6 is 0 Å². The number of β-amino-alcohol motifs (C(OH)–C–C–N with tert-alkyl or cyclic N) is 1. The molecule has 8 nitrogen and oxygen atoms in total. The lowest BCUT2D eigenvalue weighted by molar-refractivity contribution is -0.385. The molecule has 0 spiro atoms. The highest BCUT2D eigenvalue weighted by molar-refractivity contribution is 6.46. The zero-order valence-corrected chi connectivity index (χ0v) is 14.1. The summed E-state index contributed by atoms with van der Waals surface area (Å²) in [5.41, 5.74) is -0.129. The van der Waals surface area contributed by atoms with Crippen LogP contribution in [0, 0.1) is 10.1 Å². The number of likely N-dealkylation sites (tertiary alicyclic amines) is 1. The summed E-state index contributed by atoms with van der Waals surface area (Å²) in [6, 6.07) is 12.7. The number of hydrogen-bond acceptors (Lipinski definition) is 6. The molecule has 138 valence electrons. The summed E-state index contributed by atoms with van der Waals surface area (Å²) in [5.74, 6) is -2.30. The number of ketones is 1. The fraction of sp³-hybridized carbons (Fsp3) is 0.158. The van der Waals surface area contributed by atoms with Crippen molar-refractivity contribution in [2.45, 2.75) is 6.04 Å². The first-order valence-electron chi connectivity index (χ1n) is 8.15. The fourth-order valence-corrected chi connectivity index (χ4v) is 3.18. The summed E-state index contributed by atoms with van der Waals surface area (Å²) in [6.07, 6.45) is 0. The van der Waals surface area contributed by atoms with E-state index in [1.807, 2.05) is 0 Å². The number of para-hydroxylation sites is 1. The van der Waals surface area contributed by atoms with Crippen LogP contribution in [0.4, 0.5) is 5.69 Å². The minimum Gasteiger partial charge on any atom is -0.507 e. The van der Waals surface area contributed by atoms with Crippen LogP contribution < -0.4 is 0 Å². The smallest absolute Gasteiger partial charge is 0.295 e. The van der Waals surface area contributed by atoms with Crippen molar-refractivity contribution in [2.24, 2.45) is 0 Å². The molecule has 0 radical (unpaired) electrons. The van der Waals surface area contributed by atoms with E-state index in [0.717, 1.165) is 4.90 Å². The summed E-state index contributed by atoms with van der Waals surface area (Å²) in [4.78, 5) is 36.9. The van der Waals surface area contributed by atoms with E-state index in [4.69, 9.17) is 0 Å². The summed E-state index contributed by atoms with van der Waals surface area (Å²) in [6.45, 7) is -0.637. The number of hydrogen-bond donors (Lipinski definition) is 2. The van der Waals surface area contributed by atoms with Crippen LogP contribution in [-0.4, -0.2) is 44.9 Å². The Morgan fingerprint density at radius 2 is 1.70 bits per heavy atom. The van der Waals surface area contributed by atoms with E-state index >= 15 is 0 Å². The average Bonchev–Trinajstić information content (AvgIpc) is 2.93. The van der Waals surface area contributed by atoms with Gasteiger partial charge in [-0.05, 0) is 6.07 Å². The summed E-state index contributed by atoms with van der Waals surface area (Å²) < 4.78 is 0. The summed E-state index contributed by atoms with van der Waals surface area (Å²) in [5, 5.41) is 31.4. The molecule has 0 aromatic heterocycles. The van der Waals surface area contributed by atoms with Crippen molar-refractivity contribution < 1.29 is 24.7 Å². The van der Waals surface area contributed by atoms with Gasteiger partial charge in [-0.1, -0.05) is 42.5 Å². The largest absolute Gasteiger partial charge is 0.507 e. The first-order valence-corrected chi connectivity index (χ1v) is 8.15. The zero-order chi connectivity index (χ0) is 19.6. The number of nitro groups is 1. The zero-order valence-electron chi connectivity index (χ0n) is 14.1. The molecule has 2 N–H and O–H groups in total. The number of rotatable bonds is 5. The monoisotopic (exact) mass is 368 g/mol. The van der Waals surface area contributed by atoms with Gasteiger partial charge in [0.25, 0.3) is 17.4 Å². The molecular formula is C19H16N2O6. The Morgan fingerprint density at radius 3 is 2.33 bits per heavy atom. The number of amides is 1. The van der Waals surface area contributed by atoms with Gasteiger partial charge in [0.1, 0.15) is 5.76 Å². The van der Waals surface area contributed by atoms with Crippen molar-refractivity contribution >= 4 is 23.1 Å². The number of benzene rings is 2. The van der Waals surface area contributed by atoms with Crippen LogP contribution in [0.1, 0.15) is 17.2 Å². The topological polar surface area (TPSA) is 121 Å². The van der Waals surface area contributed by atoms with E-state index in [0.29, 0.717) is 5.56 Å². The van der Waals surface area contributed by atoms with Crippen molar-refractivity contribution in [1.29, 1.82) is 0 Å². The number of aliphatic hydroxyl groups excluding tert-OH is 2. The second kappa shape index (κ2) is 7.38. The highest BCUT2D eigenvalue weighted by atomic mass is 16.6. The van der Waals surface area contributed by atoms with Gasteiger partial charge in [-0.3, -0.25) is 19.7 Å². The number of carbonyl (C=O) groups is 2. The first-order chi connectivity index (χ1) is 13.0.